The first-order chi connectivity index (χ1) is 14.0. The number of carbonyl (C=O) groups is 2. The fourth-order valence-corrected chi connectivity index (χ4v) is 5.48. The van der Waals surface area contributed by atoms with Gasteiger partial charge in [-0.15, -0.1) is 11.3 Å². The normalized spacial score (nSPS) is 23.6. The molecule has 148 valence electrons. The molecule has 3 aromatic rings. The van der Waals surface area contributed by atoms with Crippen LogP contribution in [0.25, 0.3) is 10.2 Å². The van der Waals surface area contributed by atoms with E-state index in [0.29, 0.717) is 25.2 Å². The van der Waals surface area contributed by atoms with Crippen molar-refractivity contribution in [3.63, 3.8) is 0 Å². The topological polar surface area (TPSA) is 53.5 Å². The Kier molecular flexibility index (Phi) is 4.35. The SMILES string of the molecule is CC(=O)N1C[C@H]2CN(C(=O)c3ccc4scnc4c3)C[C@H]2[C@@H]1c1cccc(F)c1. The van der Waals surface area contributed by atoms with Crippen LogP contribution in [0.3, 0.4) is 0 Å². The largest absolute Gasteiger partial charge is 0.338 e. The lowest BCUT2D eigenvalue weighted by molar-refractivity contribution is -0.130. The molecule has 0 N–H and O–H groups in total. The molecule has 2 fully saturated rings. The Hall–Kier alpha value is -2.80. The van der Waals surface area contributed by atoms with E-state index in [-0.39, 0.29) is 35.5 Å². The van der Waals surface area contributed by atoms with Crippen LogP contribution in [0, 0.1) is 17.7 Å². The second kappa shape index (κ2) is 6.91. The van der Waals surface area contributed by atoms with Crippen molar-refractivity contribution >= 4 is 33.4 Å². The van der Waals surface area contributed by atoms with Gasteiger partial charge in [-0.05, 0) is 35.9 Å². The number of aromatic nitrogens is 1. The van der Waals surface area contributed by atoms with E-state index in [1.54, 1.807) is 29.8 Å². The van der Waals surface area contributed by atoms with Gasteiger partial charge in [-0.3, -0.25) is 9.59 Å². The van der Waals surface area contributed by atoms with Gasteiger partial charge in [0.2, 0.25) is 5.91 Å². The highest BCUT2D eigenvalue weighted by Gasteiger charge is 2.49. The molecule has 0 bridgehead atoms. The number of hydrogen-bond acceptors (Lipinski definition) is 4. The summed E-state index contributed by atoms with van der Waals surface area (Å²) in [5.74, 6) is -0.0362. The second-order valence-corrected chi connectivity index (χ2v) is 8.73. The second-order valence-electron chi connectivity index (χ2n) is 7.84. The molecule has 3 heterocycles. The molecule has 2 saturated heterocycles. The molecule has 0 spiro atoms. The van der Waals surface area contributed by atoms with E-state index in [9.17, 15) is 14.0 Å². The number of rotatable bonds is 2. The zero-order chi connectivity index (χ0) is 20.1. The molecule has 2 aliphatic rings. The number of thiazole rings is 1. The number of likely N-dealkylation sites (tertiary alicyclic amines) is 2. The van der Waals surface area contributed by atoms with Crippen LogP contribution < -0.4 is 0 Å². The van der Waals surface area contributed by atoms with Gasteiger partial charge < -0.3 is 9.80 Å². The van der Waals surface area contributed by atoms with E-state index in [1.807, 2.05) is 34.1 Å². The molecule has 5 nitrogen and oxygen atoms in total. The van der Waals surface area contributed by atoms with E-state index in [4.69, 9.17) is 0 Å². The zero-order valence-corrected chi connectivity index (χ0v) is 16.7. The molecule has 7 heteroatoms. The molecule has 5 rings (SSSR count). The maximum atomic E-state index is 13.8. The molecular formula is C22H20FN3O2S. The standard InChI is InChI=1S/C22H20FN3O2S/c1-13(27)26-10-16-9-25(11-18(16)21(26)14-3-2-4-17(23)7-14)22(28)15-5-6-20-19(8-15)24-12-29-20/h2-8,12,16,18,21H,9-11H2,1H3/t16-,18-,21+/m1/s1. The van der Waals surface area contributed by atoms with Crippen molar-refractivity contribution in [1.29, 1.82) is 0 Å². The number of halogens is 1. The van der Waals surface area contributed by atoms with Crippen LogP contribution in [0.15, 0.2) is 48.0 Å². The molecular weight excluding hydrogens is 389 g/mol. The maximum absolute atomic E-state index is 13.8. The van der Waals surface area contributed by atoms with Crippen molar-refractivity contribution in [1.82, 2.24) is 14.8 Å². The molecule has 3 atom stereocenters. The number of nitrogens with zero attached hydrogens (tertiary/aromatic N) is 3. The van der Waals surface area contributed by atoms with Gasteiger partial charge in [-0.2, -0.15) is 0 Å². The number of carbonyl (C=O) groups excluding carboxylic acids is 2. The van der Waals surface area contributed by atoms with Gasteiger partial charge in [0.15, 0.2) is 0 Å². The van der Waals surface area contributed by atoms with Gasteiger partial charge in [0, 0.05) is 44.0 Å². The van der Waals surface area contributed by atoms with Gasteiger partial charge in [0.05, 0.1) is 21.8 Å². The Morgan fingerprint density at radius 2 is 2.00 bits per heavy atom. The highest BCUT2D eigenvalue weighted by Crippen LogP contribution is 2.45. The fraction of sp³-hybridized carbons (Fsp3) is 0.318. The van der Waals surface area contributed by atoms with Crippen LogP contribution in [0.2, 0.25) is 0 Å². The lowest BCUT2D eigenvalue weighted by Gasteiger charge is -2.29. The minimum absolute atomic E-state index is 0.0123. The van der Waals surface area contributed by atoms with Crippen LogP contribution in [0.1, 0.15) is 28.9 Å². The third-order valence-electron chi connectivity index (χ3n) is 6.12. The van der Waals surface area contributed by atoms with Crippen LogP contribution >= 0.6 is 11.3 Å². The van der Waals surface area contributed by atoms with Gasteiger partial charge in [-0.25, -0.2) is 9.37 Å². The van der Waals surface area contributed by atoms with E-state index >= 15 is 0 Å². The Bertz CT molecular complexity index is 1110. The lowest BCUT2D eigenvalue weighted by atomic mass is 9.89. The summed E-state index contributed by atoms with van der Waals surface area (Å²) in [7, 11) is 0. The number of benzene rings is 2. The Labute approximate surface area is 171 Å². The molecule has 2 aromatic carbocycles. The summed E-state index contributed by atoms with van der Waals surface area (Å²) in [6, 6.07) is 11.9. The van der Waals surface area contributed by atoms with Crippen LogP contribution in [-0.4, -0.2) is 46.2 Å². The summed E-state index contributed by atoms with van der Waals surface area (Å²) in [6.07, 6.45) is 0. The highest BCUT2D eigenvalue weighted by molar-refractivity contribution is 7.16. The molecule has 2 amide bonds. The van der Waals surface area contributed by atoms with Crippen molar-refractivity contribution in [2.75, 3.05) is 19.6 Å². The Balaban J connectivity index is 1.42. The van der Waals surface area contributed by atoms with Crippen molar-refractivity contribution < 1.29 is 14.0 Å². The summed E-state index contributed by atoms with van der Waals surface area (Å²) in [5, 5.41) is 0. The predicted molar refractivity (Wildman–Crippen MR) is 109 cm³/mol. The third kappa shape index (κ3) is 3.09. The quantitative estimate of drug-likeness (QED) is 0.648. The maximum Gasteiger partial charge on any atom is 0.253 e. The van der Waals surface area contributed by atoms with Crippen LogP contribution in [-0.2, 0) is 4.79 Å². The fourth-order valence-electron chi connectivity index (χ4n) is 4.83. The summed E-state index contributed by atoms with van der Waals surface area (Å²) < 4.78 is 14.9. The Morgan fingerprint density at radius 1 is 1.14 bits per heavy atom. The van der Waals surface area contributed by atoms with E-state index in [1.165, 1.54) is 12.1 Å². The summed E-state index contributed by atoms with van der Waals surface area (Å²) >= 11 is 1.55. The first kappa shape index (κ1) is 18.2. The summed E-state index contributed by atoms with van der Waals surface area (Å²) in [5.41, 5.74) is 4.04. The van der Waals surface area contributed by atoms with E-state index in [2.05, 4.69) is 4.98 Å². The monoisotopic (exact) mass is 409 g/mol. The minimum atomic E-state index is -0.308. The van der Waals surface area contributed by atoms with Crippen LogP contribution in [0.4, 0.5) is 4.39 Å². The average molecular weight is 409 g/mol. The lowest BCUT2D eigenvalue weighted by Crippen LogP contribution is -2.36. The van der Waals surface area contributed by atoms with E-state index < -0.39 is 0 Å². The minimum Gasteiger partial charge on any atom is -0.338 e. The molecule has 0 aliphatic carbocycles. The molecule has 0 radical (unpaired) electrons. The number of hydrogen-bond donors (Lipinski definition) is 0. The molecule has 1 aromatic heterocycles. The highest BCUT2D eigenvalue weighted by atomic mass is 32.1. The first-order valence-corrected chi connectivity index (χ1v) is 10.5. The molecule has 29 heavy (non-hydrogen) atoms. The number of fused-ring (bicyclic) bond motifs is 2. The first-order valence-electron chi connectivity index (χ1n) is 9.66. The number of amides is 2. The zero-order valence-electron chi connectivity index (χ0n) is 15.9. The molecule has 0 saturated carbocycles. The molecule has 2 aliphatic heterocycles. The van der Waals surface area contributed by atoms with Gasteiger partial charge >= 0.3 is 0 Å². The Morgan fingerprint density at radius 3 is 2.79 bits per heavy atom. The van der Waals surface area contributed by atoms with E-state index in [0.717, 1.165) is 15.8 Å². The predicted octanol–water partition coefficient (Wildman–Crippen LogP) is 3.73. The third-order valence-corrected chi connectivity index (χ3v) is 6.93. The van der Waals surface area contributed by atoms with Gasteiger partial charge in [0.1, 0.15) is 5.82 Å². The average Bonchev–Trinajstić information content (AvgIpc) is 3.40. The summed E-state index contributed by atoms with van der Waals surface area (Å²) in [4.78, 5) is 33.3. The van der Waals surface area contributed by atoms with Crippen molar-refractivity contribution in [2.45, 2.75) is 13.0 Å². The van der Waals surface area contributed by atoms with Crippen molar-refractivity contribution in [2.24, 2.45) is 11.8 Å². The smallest absolute Gasteiger partial charge is 0.253 e. The van der Waals surface area contributed by atoms with Gasteiger partial charge in [0.25, 0.3) is 5.91 Å². The van der Waals surface area contributed by atoms with Crippen molar-refractivity contribution in [3.05, 3.63) is 64.9 Å². The van der Waals surface area contributed by atoms with Gasteiger partial charge in [-0.1, -0.05) is 12.1 Å². The summed E-state index contributed by atoms with van der Waals surface area (Å²) in [6.45, 7) is 3.31. The van der Waals surface area contributed by atoms with Crippen molar-refractivity contribution in [3.8, 4) is 0 Å². The molecule has 0 unspecified atom stereocenters. The van der Waals surface area contributed by atoms with Crippen LogP contribution in [0.5, 0.6) is 0 Å².